The molecule has 12 heteroatoms. The van der Waals surface area contributed by atoms with Gasteiger partial charge < -0.3 is 29.7 Å². The fraction of sp³-hybridized carbons (Fsp3) is 0.286. The normalized spacial score (nSPS) is 11.4. The second kappa shape index (κ2) is 12.7. The third-order valence-corrected chi connectivity index (χ3v) is 7.00. The van der Waals surface area contributed by atoms with Crippen LogP contribution in [0.4, 0.5) is 5.69 Å². The van der Waals surface area contributed by atoms with Crippen LogP contribution < -0.4 is 24.2 Å². The summed E-state index contributed by atoms with van der Waals surface area (Å²) in [4.78, 5) is 23.7. The molecule has 3 aromatic carbocycles. The maximum absolute atomic E-state index is 13.5. The molecular weight excluding hydrogens is 540 g/mol. The number of hydrogen-bond acceptors (Lipinski definition) is 8. The van der Waals surface area contributed by atoms with Crippen molar-refractivity contribution in [2.75, 3.05) is 31.6 Å². The number of methoxy groups -OCH3 is 1. The van der Waals surface area contributed by atoms with E-state index in [1.54, 1.807) is 36.4 Å². The first-order valence-corrected chi connectivity index (χ1v) is 13.7. The Morgan fingerprint density at radius 3 is 2.17 bits per heavy atom. The van der Waals surface area contributed by atoms with E-state index in [2.05, 4.69) is 10.0 Å². The number of carboxylic acids is 1. The van der Waals surface area contributed by atoms with Gasteiger partial charge in [-0.05, 0) is 47.4 Å². The van der Waals surface area contributed by atoms with Gasteiger partial charge in [0, 0.05) is 5.56 Å². The predicted molar refractivity (Wildman–Crippen MR) is 148 cm³/mol. The Labute approximate surface area is 232 Å². The van der Waals surface area contributed by atoms with Gasteiger partial charge in [-0.15, -0.1) is 0 Å². The number of carboxylic acid groups (broad SMARTS) is 1. The molecule has 214 valence electrons. The minimum absolute atomic E-state index is 0.0395. The molecule has 0 atom stereocenters. The van der Waals surface area contributed by atoms with Crippen LogP contribution in [0.25, 0.3) is 0 Å². The van der Waals surface area contributed by atoms with Crippen molar-refractivity contribution >= 4 is 27.6 Å². The number of nitrogens with one attached hydrogen (secondary N) is 2. The summed E-state index contributed by atoms with van der Waals surface area (Å²) in [5, 5.41) is 20.5. The first-order valence-electron chi connectivity index (χ1n) is 12.2. The van der Waals surface area contributed by atoms with Gasteiger partial charge in [-0.2, -0.15) is 0 Å². The number of hydrogen-bond donors (Lipinski definition) is 4. The number of aliphatic carboxylic acids is 1. The van der Waals surface area contributed by atoms with Crippen LogP contribution in [0.15, 0.2) is 65.6 Å². The summed E-state index contributed by atoms with van der Waals surface area (Å²) in [6.45, 7) is 4.76. The van der Waals surface area contributed by atoms with Crippen molar-refractivity contribution in [3.8, 4) is 23.0 Å². The van der Waals surface area contributed by atoms with Gasteiger partial charge in [0.2, 0.25) is 0 Å². The van der Waals surface area contributed by atoms with Gasteiger partial charge in [0.05, 0.1) is 24.3 Å². The summed E-state index contributed by atoms with van der Waals surface area (Å²) in [5.74, 6) is -1.69. The van der Waals surface area contributed by atoms with Gasteiger partial charge in [0.15, 0.2) is 23.0 Å². The van der Waals surface area contributed by atoms with E-state index >= 15 is 0 Å². The maximum Gasteiger partial charge on any atom is 0.322 e. The van der Waals surface area contributed by atoms with Crippen molar-refractivity contribution in [3.05, 3.63) is 71.8 Å². The zero-order valence-electron chi connectivity index (χ0n) is 22.6. The van der Waals surface area contributed by atoms with E-state index < -0.39 is 28.4 Å². The van der Waals surface area contributed by atoms with Gasteiger partial charge in [0.25, 0.3) is 15.9 Å². The van der Waals surface area contributed by atoms with E-state index in [0.717, 1.165) is 5.56 Å². The molecule has 0 saturated heterocycles. The lowest BCUT2D eigenvalue weighted by atomic mass is 9.87. The van der Waals surface area contributed by atoms with E-state index in [9.17, 15) is 23.1 Å². The van der Waals surface area contributed by atoms with E-state index in [0.29, 0.717) is 5.75 Å². The lowest BCUT2D eigenvalue weighted by Gasteiger charge is -2.21. The number of aliphatic hydroxyl groups is 1. The fourth-order valence-corrected chi connectivity index (χ4v) is 4.64. The third-order valence-electron chi connectivity index (χ3n) is 5.62. The van der Waals surface area contributed by atoms with Crippen LogP contribution in [0.1, 0.15) is 36.7 Å². The summed E-state index contributed by atoms with van der Waals surface area (Å²) < 4.78 is 46.4. The van der Waals surface area contributed by atoms with E-state index in [4.69, 9.17) is 19.3 Å². The second-order valence-electron chi connectivity index (χ2n) is 9.63. The number of amides is 1. The Kier molecular flexibility index (Phi) is 9.61. The number of para-hydroxylation sites is 2. The molecule has 0 bridgehead atoms. The van der Waals surface area contributed by atoms with E-state index in [-0.39, 0.29) is 52.0 Å². The van der Waals surface area contributed by atoms with Crippen molar-refractivity contribution in [1.82, 2.24) is 5.32 Å². The average Bonchev–Trinajstić information content (AvgIpc) is 2.91. The van der Waals surface area contributed by atoms with Crippen LogP contribution >= 0.6 is 0 Å². The van der Waals surface area contributed by atoms with Crippen LogP contribution in [0.5, 0.6) is 23.0 Å². The van der Waals surface area contributed by atoms with Crippen LogP contribution in [0.3, 0.4) is 0 Å². The number of benzene rings is 3. The molecule has 3 rings (SSSR count). The molecule has 0 aliphatic carbocycles. The first kappa shape index (κ1) is 30.3. The zero-order chi connectivity index (χ0) is 29.5. The number of rotatable bonds is 12. The largest absolute Gasteiger partial charge is 0.493 e. The Morgan fingerprint density at radius 2 is 1.60 bits per heavy atom. The highest BCUT2D eigenvalue weighted by Gasteiger charge is 2.25. The van der Waals surface area contributed by atoms with E-state index in [1.165, 1.54) is 31.4 Å². The quantitative estimate of drug-likeness (QED) is 0.253. The van der Waals surface area contributed by atoms with Crippen molar-refractivity contribution in [2.45, 2.75) is 31.1 Å². The molecule has 0 aliphatic heterocycles. The molecule has 0 fully saturated rings. The summed E-state index contributed by atoms with van der Waals surface area (Å²) in [5.41, 5.74) is 0.467. The highest BCUT2D eigenvalue weighted by atomic mass is 32.2. The van der Waals surface area contributed by atoms with Gasteiger partial charge in [-0.3, -0.25) is 14.3 Å². The van der Waals surface area contributed by atoms with Crippen molar-refractivity contribution < 1.29 is 42.4 Å². The fourth-order valence-electron chi connectivity index (χ4n) is 3.59. The molecule has 0 radical (unpaired) electrons. The molecule has 3 aromatic rings. The number of carbonyl (C=O) groups excluding carboxylic acids is 1. The van der Waals surface area contributed by atoms with Crippen LogP contribution in [0.2, 0.25) is 0 Å². The van der Waals surface area contributed by atoms with Crippen LogP contribution in [-0.4, -0.2) is 57.4 Å². The van der Waals surface area contributed by atoms with E-state index in [1.807, 2.05) is 20.8 Å². The van der Waals surface area contributed by atoms with Crippen molar-refractivity contribution in [2.24, 2.45) is 0 Å². The van der Waals surface area contributed by atoms with Crippen LogP contribution in [-0.2, 0) is 20.2 Å². The molecule has 0 spiro atoms. The number of aliphatic hydroxyl groups excluding tert-OH is 1. The van der Waals surface area contributed by atoms with Crippen molar-refractivity contribution in [1.29, 1.82) is 0 Å². The van der Waals surface area contributed by atoms with Gasteiger partial charge >= 0.3 is 5.97 Å². The molecule has 0 aliphatic rings. The Bertz CT molecular complexity index is 1460. The van der Waals surface area contributed by atoms with Crippen molar-refractivity contribution in [3.63, 3.8) is 0 Å². The molecular formula is C28H32N2O9S. The smallest absolute Gasteiger partial charge is 0.322 e. The minimum Gasteiger partial charge on any atom is -0.493 e. The molecule has 11 nitrogen and oxygen atoms in total. The average molecular weight is 573 g/mol. The standard InChI is InChI=1S/C28H32N2O9S/c1-28(2,3)19-9-11-20(12-10-19)40(35,36)30-21-15-18(27(34)29-17-25(32)33)16-24(38-14-13-31)26(21)39-23-8-6-5-7-22(23)37-4/h5-12,15-16,30-31H,13-14,17H2,1-4H3,(H,29,34)(H,32,33). The summed E-state index contributed by atoms with van der Waals surface area (Å²) >= 11 is 0. The van der Waals surface area contributed by atoms with Gasteiger partial charge in [-0.1, -0.05) is 45.0 Å². The number of carbonyl (C=O) groups is 2. The molecule has 0 heterocycles. The highest BCUT2D eigenvalue weighted by Crippen LogP contribution is 2.43. The van der Waals surface area contributed by atoms with Crippen LogP contribution in [0, 0.1) is 0 Å². The summed E-state index contributed by atoms with van der Waals surface area (Å²) in [6, 6.07) is 15.5. The SMILES string of the molecule is COc1ccccc1Oc1c(NS(=O)(=O)c2ccc(C(C)(C)C)cc2)cc(C(=O)NCC(=O)O)cc1OCCO. The van der Waals surface area contributed by atoms with Gasteiger partial charge in [-0.25, -0.2) is 8.42 Å². The number of anilines is 1. The minimum atomic E-state index is -4.20. The molecule has 0 unspecified atom stereocenters. The molecule has 0 saturated carbocycles. The zero-order valence-corrected chi connectivity index (χ0v) is 23.4. The summed E-state index contributed by atoms with van der Waals surface area (Å²) in [6.07, 6.45) is 0. The maximum atomic E-state index is 13.5. The monoisotopic (exact) mass is 572 g/mol. The molecule has 4 N–H and O–H groups in total. The Balaban J connectivity index is 2.15. The second-order valence-corrected chi connectivity index (χ2v) is 11.3. The summed E-state index contributed by atoms with van der Waals surface area (Å²) in [7, 11) is -2.77. The molecule has 1 amide bonds. The highest BCUT2D eigenvalue weighted by molar-refractivity contribution is 7.92. The number of sulfonamides is 1. The molecule has 40 heavy (non-hydrogen) atoms. The third kappa shape index (κ3) is 7.64. The number of ether oxygens (including phenoxy) is 3. The first-order chi connectivity index (χ1) is 18.9. The lowest BCUT2D eigenvalue weighted by molar-refractivity contribution is -0.135. The Hall–Kier alpha value is -4.29. The Morgan fingerprint density at radius 1 is 0.950 bits per heavy atom. The van der Waals surface area contributed by atoms with Gasteiger partial charge in [0.1, 0.15) is 13.2 Å². The topological polar surface area (TPSA) is 160 Å². The predicted octanol–water partition coefficient (Wildman–Crippen LogP) is 3.77. The molecule has 0 aromatic heterocycles. The lowest BCUT2D eigenvalue weighted by Crippen LogP contribution is -2.29.